The number of carbonyl (C=O) groups excluding carboxylic acids is 1. The second-order valence-electron chi connectivity index (χ2n) is 5.81. The highest BCUT2D eigenvalue weighted by molar-refractivity contribution is 5.99. The van der Waals surface area contributed by atoms with Crippen LogP contribution in [0.15, 0.2) is 24.3 Å². The SMILES string of the molecule is CN(C)c1ccc(N2CC(CN)OC(C)(C)C2=O)cc1. The molecule has 1 aromatic carbocycles. The van der Waals surface area contributed by atoms with Gasteiger partial charge < -0.3 is 20.3 Å². The summed E-state index contributed by atoms with van der Waals surface area (Å²) in [6, 6.07) is 7.93. The van der Waals surface area contributed by atoms with Gasteiger partial charge in [0.2, 0.25) is 0 Å². The molecule has 1 atom stereocenters. The Morgan fingerprint density at radius 2 is 1.95 bits per heavy atom. The molecular weight excluding hydrogens is 254 g/mol. The molecule has 0 aliphatic carbocycles. The fraction of sp³-hybridized carbons (Fsp3) is 0.533. The van der Waals surface area contributed by atoms with E-state index in [1.807, 2.05) is 43.3 Å². The van der Waals surface area contributed by atoms with E-state index in [2.05, 4.69) is 0 Å². The molecule has 1 aliphatic rings. The number of benzene rings is 1. The summed E-state index contributed by atoms with van der Waals surface area (Å²) in [5, 5.41) is 0. The third kappa shape index (κ3) is 2.78. The maximum Gasteiger partial charge on any atom is 0.258 e. The van der Waals surface area contributed by atoms with Gasteiger partial charge in [-0.05, 0) is 38.1 Å². The molecule has 1 heterocycles. The van der Waals surface area contributed by atoms with Gasteiger partial charge in [0.05, 0.1) is 12.6 Å². The zero-order valence-electron chi connectivity index (χ0n) is 12.6. The molecule has 1 fully saturated rings. The molecule has 0 spiro atoms. The zero-order valence-corrected chi connectivity index (χ0v) is 12.6. The minimum Gasteiger partial charge on any atom is -0.378 e. The average Bonchev–Trinajstić information content (AvgIpc) is 2.41. The van der Waals surface area contributed by atoms with Gasteiger partial charge in [0.15, 0.2) is 0 Å². The van der Waals surface area contributed by atoms with Gasteiger partial charge in [-0.2, -0.15) is 0 Å². The summed E-state index contributed by atoms with van der Waals surface area (Å²) in [6.07, 6.45) is -0.128. The molecule has 2 N–H and O–H groups in total. The van der Waals surface area contributed by atoms with E-state index in [0.717, 1.165) is 11.4 Å². The van der Waals surface area contributed by atoms with E-state index in [-0.39, 0.29) is 12.0 Å². The minimum absolute atomic E-state index is 0.0280. The second kappa shape index (κ2) is 5.42. The van der Waals surface area contributed by atoms with Gasteiger partial charge in [0.25, 0.3) is 5.91 Å². The van der Waals surface area contributed by atoms with Crippen LogP contribution < -0.4 is 15.5 Å². The number of rotatable bonds is 3. The number of nitrogens with zero attached hydrogens (tertiary/aromatic N) is 2. The smallest absolute Gasteiger partial charge is 0.258 e. The second-order valence-corrected chi connectivity index (χ2v) is 5.81. The lowest BCUT2D eigenvalue weighted by molar-refractivity contribution is -0.153. The Morgan fingerprint density at radius 1 is 1.35 bits per heavy atom. The fourth-order valence-electron chi connectivity index (χ4n) is 2.39. The van der Waals surface area contributed by atoms with Crippen LogP contribution in [0, 0.1) is 0 Å². The summed E-state index contributed by atoms with van der Waals surface area (Å²) in [5.74, 6) is -0.0280. The van der Waals surface area contributed by atoms with Crippen molar-refractivity contribution in [1.29, 1.82) is 0 Å². The first kappa shape index (κ1) is 14.8. The fourth-order valence-corrected chi connectivity index (χ4v) is 2.39. The van der Waals surface area contributed by atoms with Gasteiger partial charge in [0, 0.05) is 32.0 Å². The number of amides is 1. The molecule has 110 valence electrons. The lowest BCUT2D eigenvalue weighted by Gasteiger charge is -2.41. The number of ether oxygens (including phenoxy) is 1. The Kier molecular flexibility index (Phi) is 4.01. The lowest BCUT2D eigenvalue weighted by atomic mass is 10.0. The van der Waals surface area contributed by atoms with Gasteiger partial charge in [-0.1, -0.05) is 0 Å². The van der Waals surface area contributed by atoms with E-state index in [1.165, 1.54) is 0 Å². The molecule has 2 rings (SSSR count). The maximum absolute atomic E-state index is 12.5. The van der Waals surface area contributed by atoms with Crippen molar-refractivity contribution < 1.29 is 9.53 Å². The quantitative estimate of drug-likeness (QED) is 0.902. The number of nitrogens with two attached hydrogens (primary N) is 1. The van der Waals surface area contributed by atoms with E-state index in [0.29, 0.717) is 13.1 Å². The predicted molar refractivity (Wildman–Crippen MR) is 81.1 cm³/mol. The first-order chi connectivity index (χ1) is 9.35. The number of hydrogen-bond acceptors (Lipinski definition) is 4. The Labute approximate surface area is 120 Å². The van der Waals surface area contributed by atoms with E-state index in [9.17, 15) is 4.79 Å². The van der Waals surface area contributed by atoms with Gasteiger partial charge in [-0.15, -0.1) is 0 Å². The highest BCUT2D eigenvalue weighted by atomic mass is 16.5. The van der Waals surface area contributed by atoms with Crippen molar-refractivity contribution in [1.82, 2.24) is 0 Å². The van der Waals surface area contributed by atoms with Crippen LogP contribution in [0.2, 0.25) is 0 Å². The van der Waals surface area contributed by atoms with Crippen LogP contribution in [0.25, 0.3) is 0 Å². The number of anilines is 2. The monoisotopic (exact) mass is 277 g/mol. The molecule has 1 unspecified atom stereocenters. The van der Waals surface area contributed by atoms with Crippen molar-refractivity contribution in [2.75, 3.05) is 37.0 Å². The van der Waals surface area contributed by atoms with Crippen molar-refractivity contribution in [3.8, 4) is 0 Å². The summed E-state index contributed by atoms with van der Waals surface area (Å²) >= 11 is 0. The Bertz CT molecular complexity index is 482. The number of morpholine rings is 1. The van der Waals surface area contributed by atoms with E-state index in [1.54, 1.807) is 18.7 Å². The number of carbonyl (C=O) groups is 1. The average molecular weight is 277 g/mol. The zero-order chi connectivity index (χ0) is 14.9. The molecule has 1 amide bonds. The van der Waals surface area contributed by atoms with Crippen LogP contribution in [0.5, 0.6) is 0 Å². The van der Waals surface area contributed by atoms with Gasteiger partial charge >= 0.3 is 0 Å². The first-order valence-corrected chi connectivity index (χ1v) is 6.82. The normalized spacial score (nSPS) is 21.9. The van der Waals surface area contributed by atoms with Crippen LogP contribution in [0.3, 0.4) is 0 Å². The van der Waals surface area contributed by atoms with Gasteiger partial charge in [-0.25, -0.2) is 0 Å². The molecule has 0 aromatic heterocycles. The van der Waals surface area contributed by atoms with Crippen LogP contribution in [-0.4, -0.2) is 44.8 Å². The minimum atomic E-state index is -0.831. The molecule has 5 heteroatoms. The van der Waals surface area contributed by atoms with Crippen LogP contribution in [0.1, 0.15) is 13.8 Å². The summed E-state index contributed by atoms with van der Waals surface area (Å²) in [4.78, 5) is 16.3. The molecule has 0 bridgehead atoms. The predicted octanol–water partition coefficient (Wildman–Crippen LogP) is 1.22. The van der Waals surface area contributed by atoms with Crippen molar-refractivity contribution in [2.45, 2.75) is 25.6 Å². The van der Waals surface area contributed by atoms with Crippen molar-refractivity contribution in [3.05, 3.63) is 24.3 Å². The number of hydrogen-bond donors (Lipinski definition) is 1. The third-order valence-corrected chi connectivity index (χ3v) is 3.55. The largest absolute Gasteiger partial charge is 0.378 e. The summed E-state index contributed by atoms with van der Waals surface area (Å²) in [6.45, 7) is 4.49. The molecule has 20 heavy (non-hydrogen) atoms. The Hall–Kier alpha value is -1.59. The van der Waals surface area contributed by atoms with E-state index >= 15 is 0 Å². The highest BCUT2D eigenvalue weighted by Crippen LogP contribution is 2.28. The van der Waals surface area contributed by atoms with Crippen LogP contribution in [0.4, 0.5) is 11.4 Å². The van der Waals surface area contributed by atoms with E-state index < -0.39 is 5.60 Å². The van der Waals surface area contributed by atoms with E-state index in [4.69, 9.17) is 10.5 Å². The summed E-state index contributed by atoms with van der Waals surface area (Å²) < 4.78 is 5.72. The van der Waals surface area contributed by atoms with Crippen molar-refractivity contribution in [3.63, 3.8) is 0 Å². The molecule has 1 saturated heterocycles. The summed E-state index contributed by atoms with van der Waals surface area (Å²) in [7, 11) is 3.98. The Balaban J connectivity index is 2.27. The third-order valence-electron chi connectivity index (χ3n) is 3.55. The standard InChI is InChI=1S/C15H23N3O2/c1-15(2)14(19)18(10-13(9-16)20-15)12-7-5-11(6-8-12)17(3)4/h5-8,13H,9-10,16H2,1-4H3. The highest BCUT2D eigenvalue weighted by Gasteiger charge is 2.41. The lowest BCUT2D eigenvalue weighted by Crippen LogP contribution is -2.59. The topological polar surface area (TPSA) is 58.8 Å². The van der Waals surface area contributed by atoms with Crippen molar-refractivity contribution in [2.24, 2.45) is 5.73 Å². The Morgan fingerprint density at radius 3 is 2.45 bits per heavy atom. The molecular formula is C15H23N3O2. The van der Waals surface area contributed by atoms with Crippen molar-refractivity contribution >= 4 is 17.3 Å². The van der Waals surface area contributed by atoms with Gasteiger partial charge in [-0.3, -0.25) is 4.79 Å². The first-order valence-electron chi connectivity index (χ1n) is 6.82. The molecule has 1 aromatic rings. The molecule has 0 saturated carbocycles. The maximum atomic E-state index is 12.5. The summed E-state index contributed by atoms with van der Waals surface area (Å²) in [5.41, 5.74) is 6.86. The molecule has 5 nitrogen and oxygen atoms in total. The molecule has 1 aliphatic heterocycles. The van der Waals surface area contributed by atoms with Gasteiger partial charge in [0.1, 0.15) is 5.60 Å². The molecule has 0 radical (unpaired) electrons. The van der Waals surface area contributed by atoms with Crippen LogP contribution in [-0.2, 0) is 9.53 Å². The van der Waals surface area contributed by atoms with Crippen LogP contribution >= 0.6 is 0 Å².